The zero-order valence-corrected chi connectivity index (χ0v) is 16.6. The van der Waals surface area contributed by atoms with E-state index in [1.807, 2.05) is 18.2 Å². The van der Waals surface area contributed by atoms with E-state index >= 15 is 0 Å². The molecule has 1 aliphatic carbocycles. The number of nitriles is 1. The summed E-state index contributed by atoms with van der Waals surface area (Å²) in [7, 11) is 0. The molecule has 0 bridgehead atoms. The number of amides is 2. The Bertz CT molecular complexity index is 1010. The van der Waals surface area contributed by atoms with Gasteiger partial charge in [0.15, 0.2) is 0 Å². The normalized spacial score (nSPS) is 23.2. The number of carbonyl (C=O) groups is 1. The second kappa shape index (κ2) is 8.68. The van der Waals surface area contributed by atoms with E-state index in [-0.39, 0.29) is 18.2 Å². The lowest BCUT2D eigenvalue weighted by molar-refractivity contribution is 0.0222. The van der Waals surface area contributed by atoms with Gasteiger partial charge in [-0.3, -0.25) is 0 Å². The van der Waals surface area contributed by atoms with Crippen molar-refractivity contribution in [3.8, 4) is 6.07 Å². The number of urea groups is 1. The number of nitrogens with zero attached hydrogens (tertiary/aromatic N) is 2. The summed E-state index contributed by atoms with van der Waals surface area (Å²) in [5, 5.41) is 22.4. The molecule has 0 radical (unpaired) electrons. The van der Waals surface area contributed by atoms with Crippen LogP contribution in [0, 0.1) is 17.1 Å². The third kappa shape index (κ3) is 3.57. The smallest absolute Gasteiger partial charge is 0.323 e. The lowest BCUT2D eigenvalue weighted by Crippen LogP contribution is -2.66. The summed E-state index contributed by atoms with van der Waals surface area (Å²) in [6.07, 6.45) is 6.59. The Morgan fingerprint density at radius 3 is 2.67 bits per heavy atom. The summed E-state index contributed by atoms with van der Waals surface area (Å²) in [5.41, 5.74) is 3.38. The highest BCUT2D eigenvalue weighted by atomic mass is 19.1. The molecular formula is C24H24FN3O2. The van der Waals surface area contributed by atoms with Crippen molar-refractivity contribution in [2.45, 2.75) is 43.7 Å². The van der Waals surface area contributed by atoms with E-state index < -0.39 is 23.9 Å². The van der Waals surface area contributed by atoms with Gasteiger partial charge >= 0.3 is 6.03 Å². The van der Waals surface area contributed by atoms with Crippen LogP contribution in [0.2, 0.25) is 0 Å². The topological polar surface area (TPSA) is 76.4 Å². The standard InChI is InChI=1S/C24H24FN3O2/c25-19-12-6-7-13-20(19)27-24(30)28-21(14-26)23(22(28)15-29)18-11-5-4-10-17(18)16-8-2-1-3-9-16/h4-8,10-13,21-23,29H,1-3,9,15H2,(H,27,30)/t21-,22+,23+/m0/s1. The minimum absolute atomic E-state index is 0.0482. The molecule has 1 heterocycles. The summed E-state index contributed by atoms with van der Waals surface area (Å²) in [6.45, 7) is -0.277. The van der Waals surface area contributed by atoms with Gasteiger partial charge in [0.05, 0.1) is 24.4 Å². The third-order valence-electron chi connectivity index (χ3n) is 6.04. The maximum atomic E-state index is 13.9. The van der Waals surface area contributed by atoms with E-state index in [9.17, 15) is 19.6 Å². The number of halogens is 1. The second-order valence-electron chi connectivity index (χ2n) is 7.73. The molecule has 2 N–H and O–H groups in total. The maximum Gasteiger partial charge on any atom is 0.323 e. The number of likely N-dealkylation sites (tertiary alicyclic amines) is 1. The molecule has 6 heteroatoms. The molecule has 2 amide bonds. The van der Waals surface area contributed by atoms with Crippen molar-refractivity contribution < 1.29 is 14.3 Å². The van der Waals surface area contributed by atoms with Crippen LogP contribution in [0.25, 0.3) is 5.57 Å². The van der Waals surface area contributed by atoms with Crippen LogP contribution in [0.1, 0.15) is 42.7 Å². The van der Waals surface area contributed by atoms with Gasteiger partial charge in [-0.25, -0.2) is 9.18 Å². The molecule has 3 atom stereocenters. The van der Waals surface area contributed by atoms with E-state index in [1.165, 1.54) is 35.1 Å². The van der Waals surface area contributed by atoms with Crippen molar-refractivity contribution in [3.63, 3.8) is 0 Å². The second-order valence-corrected chi connectivity index (χ2v) is 7.73. The van der Waals surface area contributed by atoms with Crippen LogP contribution in [-0.4, -0.2) is 34.7 Å². The van der Waals surface area contributed by atoms with Crippen LogP contribution in [0.4, 0.5) is 14.9 Å². The van der Waals surface area contributed by atoms with Crippen LogP contribution in [0.15, 0.2) is 54.6 Å². The molecule has 1 saturated heterocycles. The third-order valence-corrected chi connectivity index (χ3v) is 6.04. The lowest BCUT2D eigenvalue weighted by atomic mass is 9.73. The lowest BCUT2D eigenvalue weighted by Gasteiger charge is -2.51. The quantitative estimate of drug-likeness (QED) is 0.776. The maximum absolute atomic E-state index is 13.9. The zero-order valence-electron chi connectivity index (χ0n) is 16.6. The summed E-state index contributed by atoms with van der Waals surface area (Å²) < 4.78 is 13.9. The first-order chi connectivity index (χ1) is 14.7. The van der Waals surface area contributed by atoms with Crippen LogP contribution in [-0.2, 0) is 0 Å². The molecule has 1 fully saturated rings. The number of aliphatic hydroxyl groups is 1. The van der Waals surface area contributed by atoms with Gasteiger partial charge in [-0.1, -0.05) is 42.5 Å². The van der Waals surface area contributed by atoms with Gasteiger partial charge in [0.2, 0.25) is 0 Å². The Morgan fingerprint density at radius 1 is 1.20 bits per heavy atom. The van der Waals surface area contributed by atoms with E-state index in [4.69, 9.17) is 0 Å². The van der Waals surface area contributed by atoms with E-state index in [0.29, 0.717) is 0 Å². The number of anilines is 1. The predicted molar refractivity (Wildman–Crippen MR) is 113 cm³/mol. The first-order valence-corrected chi connectivity index (χ1v) is 10.3. The van der Waals surface area contributed by atoms with Crippen LogP contribution < -0.4 is 5.32 Å². The van der Waals surface area contributed by atoms with E-state index in [2.05, 4.69) is 23.5 Å². The monoisotopic (exact) mass is 405 g/mol. The number of hydrogen-bond acceptors (Lipinski definition) is 3. The minimum atomic E-state index is -0.737. The molecule has 5 nitrogen and oxygen atoms in total. The van der Waals surface area contributed by atoms with Gasteiger partial charge in [0, 0.05) is 5.92 Å². The summed E-state index contributed by atoms with van der Waals surface area (Å²) in [4.78, 5) is 14.1. The molecule has 1 aliphatic heterocycles. The highest BCUT2D eigenvalue weighted by Crippen LogP contribution is 2.44. The Labute approximate surface area is 175 Å². The van der Waals surface area contributed by atoms with Gasteiger partial charge in [-0.05, 0) is 54.5 Å². The van der Waals surface area contributed by atoms with Crippen molar-refractivity contribution >= 4 is 17.3 Å². The Hall–Kier alpha value is -3.17. The zero-order chi connectivity index (χ0) is 21.1. The van der Waals surface area contributed by atoms with Crippen molar-refractivity contribution in [1.29, 1.82) is 5.26 Å². The van der Waals surface area contributed by atoms with Crippen molar-refractivity contribution in [1.82, 2.24) is 4.90 Å². The van der Waals surface area contributed by atoms with Crippen molar-refractivity contribution in [2.75, 3.05) is 11.9 Å². The molecule has 2 aromatic carbocycles. The largest absolute Gasteiger partial charge is 0.394 e. The average molecular weight is 405 g/mol. The van der Waals surface area contributed by atoms with Gasteiger partial charge < -0.3 is 15.3 Å². The highest BCUT2D eigenvalue weighted by molar-refractivity contribution is 5.91. The molecular weight excluding hydrogens is 381 g/mol. The Balaban J connectivity index is 1.62. The van der Waals surface area contributed by atoms with E-state index in [1.54, 1.807) is 6.07 Å². The first kappa shape index (κ1) is 20.1. The molecule has 30 heavy (non-hydrogen) atoms. The predicted octanol–water partition coefficient (Wildman–Crippen LogP) is 4.67. The van der Waals surface area contributed by atoms with Gasteiger partial charge in [0.25, 0.3) is 0 Å². The fourth-order valence-electron chi connectivity index (χ4n) is 4.56. The number of aliphatic hydroxyl groups excluding tert-OH is 1. The number of nitrogens with one attached hydrogen (secondary N) is 1. The number of benzene rings is 2. The Morgan fingerprint density at radius 2 is 1.97 bits per heavy atom. The SMILES string of the molecule is N#C[C@H]1[C@@H](c2ccccc2C2=CCCCC2)[C@@H](CO)N1C(=O)Nc1ccccc1F. The number of para-hydroxylation sites is 1. The minimum Gasteiger partial charge on any atom is -0.394 e. The van der Waals surface area contributed by atoms with E-state index in [0.717, 1.165) is 30.4 Å². The molecule has 0 aromatic heterocycles. The summed E-state index contributed by atoms with van der Waals surface area (Å²) >= 11 is 0. The van der Waals surface area contributed by atoms with Crippen LogP contribution in [0.3, 0.4) is 0 Å². The van der Waals surface area contributed by atoms with Crippen LogP contribution in [0.5, 0.6) is 0 Å². The fourth-order valence-corrected chi connectivity index (χ4v) is 4.56. The summed E-state index contributed by atoms with van der Waals surface area (Å²) in [5.74, 6) is -0.850. The molecule has 0 unspecified atom stereocenters. The molecule has 2 aliphatic rings. The number of carbonyl (C=O) groups excluding carboxylic acids is 1. The van der Waals surface area contributed by atoms with Crippen molar-refractivity contribution in [2.24, 2.45) is 0 Å². The van der Waals surface area contributed by atoms with Crippen LogP contribution >= 0.6 is 0 Å². The molecule has 154 valence electrons. The van der Waals surface area contributed by atoms with Gasteiger partial charge in [0.1, 0.15) is 11.9 Å². The molecule has 0 saturated carbocycles. The molecule has 2 aromatic rings. The first-order valence-electron chi connectivity index (χ1n) is 10.3. The number of hydrogen-bond donors (Lipinski definition) is 2. The average Bonchev–Trinajstić information content (AvgIpc) is 2.76. The molecule has 0 spiro atoms. The van der Waals surface area contributed by atoms with Gasteiger partial charge in [-0.15, -0.1) is 0 Å². The fraction of sp³-hybridized carbons (Fsp3) is 0.333. The number of rotatable bonds is 4. The van der Waals surface area contributed by atoms with Gasteiger partial charge in [-0.2, -0.15) is 5.26 Å². The molecule has 4 rings (SSSR count). The number of allylic oxidation sites excluding steroid dienone is 2. The Kier molecular flexibility index (Phi) is 5.82. The summed E-state index contributed by atoms with van der Waals surface area (Å²) in [6, 6.07) is 14.2. The van der Waals surface area contributed by atoms with Crippen molar-refractivity contribution in [3.05, 3.63) is 71.6 Å². The highest BCUT2D eigenvalue weighted by Gasteiger charge is 2.52.